The first kappa shape index (κ1) is 16.1. The maximum Gasteiger partial charge on any atom is 0.0726 e. The lowest BCUT2D eigenvalue weighted by molar-refractivity contribution is 0.388. The molecular weight excluding hydrogens is 306 g/mol. The molecule has 1 atom stereocenters. The van der Waals surface area contributed by atoms with Crippen LogP contribution >= 0.6 is 0 Å². The fourth-order valence-electron chi connectivity index (χ4n) is 3.89. The number of aromatic nitrogens is 1. The number of pyridine rings is 1. The molecule has 0 fully saturated rings. The van der Waals surface area contributed by atoms with Crippen molar-refractivity contribution >= 4 is 16.6 Å². The van der Waals surface area contributed by atoms with E-state index in [4.69, 9.17) is 4.98 Å². The monoisotopic (exact) mass is 331 g/mol. The molecular formula is C22H25N3. The smallest absolute Gasteiger partial charge is 0.0726 e. The molecule has 2 heterocycles. The number of likely N-dealkylation sites (N-methyl/N-ethyl adjacent to an activating group) is 1. The van der Waals surface area contributed by atoms with Crippen LogP contribution in [-0.2, 0) is 6.42 Å². The minimum Gasteiger partial charge on any atom is -0.384 e. The van der Waals surface area contributed by atoms with Crippen LogP contribution in [0.1, 0.15) is 29.2 Å². The Morgan fingerprint density at radius 3 is 2.60 bits per heavy atom. The average Bonchev–Trinajstić information content (AvgIpc) is 2.66. The number of para-hydroxylation sites is 1. The highest BCUT2D eigenvalue weighted by Gasteiger charge is 2.25. The van der Waals surface area contributed by atoms with Gasteiger partial charge >= 0.3 is 0 Å². The summed E-state index contributed by atoms with van der Waals surface area (Å²) in [5.74, 6) is 0.287. The number of rotatable bonds is 4. The Labute approximate surface area is 149 Å². The molecule has 0 radical (unpaired) electrons. The van der Waals surface area contributed by atoms with Gasteiger partial charge < -0.3 is 10.2 Å². The summed E-state index contributed by atoms with van der Waals surface area (Å²) >= 11 is 0. The predicted octanol–water partition coefficient (Wildman–Crippen LogP) is 4.29. The van der Waals surface area contributed by atoms with E-state index in [0.717, 1.165) is 25.0 Å². The van der Waals surface area contributed by atoms with Gasteiger partial charge in [0, 0.05) is 30.1 Å². The molecule has 128 valence electrons. The van der Waals surface area contributed by atoms with E-state index < -0.39 is 0 Å². The van der Waals surface area contributed by atoms with Gasteiger partial charge in [-0.25, -0.2) is 0 Å². The first-order valence-electron chi connectivity index (χ1n) is 9.09. The first-order chi connectivity index (χ1) is 12.2. The van der Waals surface area contributed by atoms with E-state index >= 15 is 0 Å². The summed E-state index contributed by atoms with van der Waals surface area (Å²) in [6, 6.07) is 19.3. The molecule has 1 aliphatic heterocycles. The highest BCUT2D eigenvalue weighted by Crippen LogP contribution is 2.37. The van der Waals surface area contributed by atoms with Crippen molar-refractivity contribution < 1.29 is 0 Å². The Balaban J connectivity index is 1.93. The van der Waals surface area contributed by atoms with E-state index in [2.05, 4.69) is 78.9 Å². The quantitative estimate of drug-likeness (QED) is 0.773. The van der Waals surface area contributed by atoms with Crippen LogP contribution in [0.25, 0.3) is 10.9 Å². The summed E-state index contributed by atoms with van der Waals surface area (Å²) in [5, 5.41) is 4.90. The van der Waals surface area contributed by atoms with Crippen molar-refractivity contribution in [2.24, 2.45) is 0 Å². The molecule has 25 heavy (non-hydrogen) atoms. The lowest BCUT2D eigenvalue weighted by atomic mass is 9.87. The van der Waals surface area contributed by atoms with E-state index in [0.29, 0.717) is 0 Å². The maximum atomic E-state index is 5.15. The van der Waals surface area contributed by atoms with Gasteiger partial charge in [-0.2, -0.15) is 0 Å². The number of nitrogens with one attached hydrogen (secondary N) is 1. The fourth-order valence-corrected chi connectivity index (χ4v) is 3.89. The fraction of sp³-hybridized carbons (Fsp3) is 0.318. The zero-order chi connectivity index (χ0) is 17.2. The van der Waals surface area contributed by atoms with Crippen molar-refractivity contribution in [2.45, 2.75) is 18.8 Å². The van der Waals surface area contributed by atoms with Gasteiger partial charge in [0.05, 0.1) is 11.2 Å². The number of anilines is 1. The van der Waals surface area contributed by atoms with Gasteiger partial charge in [0.25, 0.3) is 0 Å². The lowest BCUT2D eigenvalue weighted by Gasteiger charge is -2.28. The van der Waals surface area contributed by atoms with Crippen LogP contribution in [-0.4, -0.2) is 37.1 Å². The average molecular weight is 331 g/mol. The van der Waals surface area contributed by atoms with Crippen LogP contribution in [0.4, 0.5) is 5.69 Å². The molecule has 3 heteroatoms. The van der Waals surface area contributed by atoms with Gasteiger partial charge in [0.1, 0.15) is 0 Å². The first-order valence-corrected chi connectivity index (χ1v) is 9.09. The summed E-state index contributed by atoms with van der Waals surface area (Å²) in [4.78, 5) is 7.41. The highest BCUT2D eigenvalue weighted by atomic mass is 15.1. The van der Waals surface area contributed by atoms with Gasteiger partial charge in [-0.05, 0) is 44.1 Å². The molecule has 0 aliphatic carbocycles. The Hall–Kier alpha value is -2.39. The summed E-state index contributed by atoms with van der Waals surface area (Å²) in [6.45, 7) is 2.01. The normalized spacial score (nSPS) is 15.0. The molecule has 1 N–H and O–H groups in total. The largest absolute Gasteiger partial charge is 0.384 e. The molecule has 4 rings (SSSR count). The summed E-state index contributed by atoms with van der Waals surface area (Å²) in [7, 11) is 4.28. The molecule has 0 saturated heterocycles. The number of fused-ring (bicyclic) bond motifs is 3. The Bertz CT molecular complexity index is 871. The van der Waals surface area contributed by atoms with Crippen molar-refractivity contribution in [1.82, 2.24) is 9.88 Å². The van der Waals surface area contributed by atoms with Crippen molar-refractivity contribution in [3.63, 3.8) is 0 Å². The molecule has 0 amide bonds. The Morgan fingerprint density at radius 1 is 1.04 bits per heavy atom. The molecule has 1 unspecified atom stereocenters. The zero-order valence-electron chi connectivity index (χ0n) is 15.0. The van der Waals surface area contributed by atoms with Crippen LogP contribution in [0.15, 0.2) is 54.6 Å². The minimum absolute atomic E-state index is 0.287. The number of nitrogens with zero attached hydrogens (tertiary/aromatic N) is 2. The standard InChI is InChI=1S/C22H25N3/c1-25(2)15-19(16-9-4-3-5-10-16)22-18-12-8-14-23-21(18)17-11-6-7-13-20(17)24-22/h3-7,9-11,13,19,23H,8,12,14-15H2,1-2H3. The van der Waals surface area contributed by atoms with E-state index in [1.165, 1.54) is 34.3 Å². The van der Waals surface area contributed by atoms with Crippen molar-refractivity contribution in [2.75, 3.05) is 32.5 Å². The highest BCUT2D eigenvalue weighted by molar-refractivity contribution is 5.94. The van der Waals surface area contributed by atoms with Crippen molar-refractivity contribution in [3.8, 4) is 0 Å². The number of benzene rings is 2. The second kappa shape index (κ2) is 6.85. The van der Waals surface area contributed by atoms with E-state index in [-0.39, 0.29) is 5.92 Å². The lowest BCUT2D eigenvalue weighted by Crippen LogP contribution is -2.25. The number of hydrogen-bond acceptors (Lipinski definition) is 3. The van der Waals surface area contributed by atoms with E-state index in [1.54, 1.807) is 0 Å². The third kappa shape index (κ3) is 3.12. The minimum atomic E-state index is 0.287. The van der Waals surface area contributed by atoms with E-state index in [9.17, 15) is 0 Å². The van der Waals surface area contributed by atoms with Gasteiger partial charge in [0.2, 0.25) is 0 Å². The van der Waals surface area contributed by atoms with Crippen molar-refractivity contribution in [3.05, 3.63) is 71.4 Å². The molecule has 2 aromatic carbocycles. The maximum absolute atomic E-state index is 5.15. The Morgan fingerprint density at radius 2 is 1.80 bits per heavy atom. The van der Waals surface area contributed by atoms with Crippen LogP contribution in [0.5, 0.6) is 0 Å². The molecule has 1 aliphatic rings. The van der Waals surface area contributed by atoms with E-state index in [1.807, 2.05) is 0 Å². The van der Waals surface area contributed by atoms with Crippen LogP contribution in [0.2, 0.25) is 0 Å². The molecule has 3 aromatic rings. The van der Waals surface area contributed by atoms with Crippen molar-refractivity contribution in [1.29, 1.82) is 0 Å². The van der Waals surface area contributed by atoms with Gasteiger partial charge in [-0.1, -0.05) is 48.5 Å². The molecule has 0 spiro atoms. The van der Waals surface area contributed by atoms with Crippen LogP contribution < -0.4 is 5.32 Å². The Kier molecular flexibility index (Phi) is 4.41. The van der Waals surface area contributed by atoms with Gasteiger partial charge in [-0.3, -0.25) is 4.98 Å². The number of hydrogen-bond donors (Lipinski definition) is 1. The SMILES string of the molecule is CN(C)CC(c1ccccc1)c1nc2ccccc2c2c1CCCN2. The molecule has 0 saturated carbocycles. The topological polar surface area (TPSA) is 28.2 Å². The van der Waals surface area contributed by atoms with Crippen LogP contribution in [0, 0.1) is 0 Å². The second-order valence-corrected chi connectivity index (χ2v) is 7.12. The van der Waals surface area contributed by atoms with Gasteiger partial charge in [-0.15, -0.1) is 0 Å². The summed E-state index contributed by atoms with van der Waals surface area (Å²) in [5.41, 5.74) is 6.37. The third-order valence-electron chi connectivity index (χ3n) is 5.01. The molecule has 3 nitrogen and oxygen atoms in total. The molecule has 1 aromatic heterocycles. The van der Waals surface area contributed by atoms with Gasteiger partial charge in [0.15, 0.2) is 0 Å². The molecule has 0 bridgehead atoms. The zero-order valence-corrected chi connectivity index (χ0v) is 15.0. The second-order valence-electron chi connectivity index (χ2n) is 7.12. The van der Waals surface area contributed by atoms with Crippen LogP contribution in [0.3, 0.4) is 0 Å². The summed E-state index contributed by atoms with van der Waals surface area (Å²) in [6.07, 6.45) is 2.27. The predicted molar refractivity (Wildman–Crippen MR) is 105 cm³/mol. The third-order valence-corrected chi connectivity index (χ3v) is 5.01. The summed E-state index contributed by atoms with van der Waals surface area (Å²) < 4.78 is 0.